The lowest BCUT2D eigenvalue weighted by Gasteiger charge is -2.23. The number of benzene rings is 2. The number of para-hydroxylation sites is 1. The Balaban J connectivity index is 1.56. The van der Waals surface area contributed by atoms with Crippen molar-refractivity contribution in [2.45, 2.75) is 57.8 Å². The van der Waals surface area contributed by atoms with Crippen LogP contribution in [-0.4, -0.2) is 58.7 Å². The topological polar surface area (TPSA) is 119 Å². The van der Waals surface area contributed by atoms with Crippen molar-refractivity contribution < 1.29 is 14.6 Å². The molecule has 0 radical (unpaired) electrons. The van der Waals surface area contributed by atoms with Gasteiger partial charge in [-0.2, -0.15) is 4.98 Å². The molecule has 1 atom stereocenters. The molecule has 0 amide bonds. The van der Waals surface area contributed by atoms with Crippen molar-refractivity contribution in [3.05, 3.63) is 65.7 Å². The number of anilines is 2. The lowest BCUT2D eigenvalue weighted by atomic mass is 10.1. The van der Waals surface area contributed by atoms with Crippen LogP contribution < -0.4 is 21.1 Å². The predicted octanol–water partition coefficient (Wildman–Crippen LogP) is 4.62. The molecule has 0 saturated carbocycles. The fourth-order valence-corrected chi connectivity index (χ4v) is 5.54. The van der Waals surface area contributed by atoms with Gasteiger partial charge in [-0.05, 0) is 43.0 Å². The Morgan fingerprint density at radius 2 is 2.02 bits per heavy atom. The third-order valence-corrected chi connectivity index (χ3v) is 7.51. The van der Waals surface area contributed by atoms with Gasteiger partial charge in [0.1, 0.15) is 16.8 Å². The van der Waals surface area contributed by atoms with E-state index in [1.807, 2.05) is 18.2 Å². The summed E-state index contributed by atoms with van der Waals surface area (Å²) in [6.07, 6.45) is 7.68. The van der Waals surface area contributed by atoms with Gasteiger partial charge in [0.15, 0.2) is 5.82 Å². The molecule has 2 aromatic carbocycles. The Labute approximate surface area is 235 Å². The molecule has 2 aromatic heterocycles. The number of aliphatic hydroxyl groups excluding tert-OH is 1. The minimum absolute atomic E-state index is 0.00441. The molecule has 5 rings (SSSR count). The van der Waals surface area contributed by atoms with Crippen LogP contribution in [0.5, 0.6) is 5.75 Å². The second kappa shape index (κ2) is 13.1. The van der Waals surface area contributed by atoms with Gasteiger partial charge >= 0.3 is 0 Å². The SMILES string of the molecule is CCCC(/C=C/CO)Nc1nc(N)nc2c3ccccc3n(Cc3cc(CNC4CCOCC4)ccc3OC)c12. The van der Waals surface area contributed by atoms with E-state index in [0.29, 0.717) is 18.4 Å². The zero-order chi connectivity index (χ0) is 27.9. The number of methoxy groups -OCH3 is 1. The number of hydrogen-bond donors (Lipinski definition) is 4. The summed E-state index contributed by atoms with van der Waals surface area (Å²) >= 11 is 0. The number of rotatable bonds is 12. The zero-order valence-electron chi connectivity index (χ0n) is 23.4. The zero-order valence-corrected chi connectivity index (χ0v) is 23.4. The summed E-state index contributed by atoms with van der Waals surface area (Å²) in [6.45, 7) is 5.12. The third-order valence-electron chi connectivity index (χ3n) is 7.51. The van der Waals surface area contributed by atoms with Crippen LogP contribution in [0.4, 0.5) is 11.8 Å². The van der Waals surface area contributed by atoms with E-state index in [1.165, 1.54) is 5.56 Å². The molecule has 9 heteroatoms. The summed E-state index contributed by atoms with van der Waals surface area (Å²) in [4.78, 5) is 9.34. The van der Waals surface area contributed by atoms with Gasteiger partial charge in [0.2, 0.25) is 5.95 Å². The molecule has 4 aromatic rings. The number of nitrogens with two attached hydrogens (primary N) is 1. The number of aliphatic hydroxyl groups is 1. The minimum atomic E-state index is -0.0109. The van der Waals surface area contributed by atoms with Gasteiger partial charge < -0.3 is 35.5 Å². The maximum Gasteiger partial charge on any atom is 0.222 e. The van der Waals surface area contributed by atoms with E-state index < -0.39 is 0 Å². The second-order valence-corrected chi connectivity index (χ2v) is 10.3. The van der Waals surface area contributed by atoms with Crippen LogP contribution in [-0.2, 0) is 17.8 Å². The van der Waals surface area contributed by atoms with E-state index in [2.05, 4.69) is 62.4 Å². The maximum absolute atomic E-state index is 9.37. The van der Waals surface area contributed by atoms with Crippen molar-refractivity contribution in [3.8, 4) is 5.75 Å². The summed E-state index contributed by atoms with van der Waals surface area (Å²) < 4.78 is 13.6. The first-order chi connectivity index (χ1) is 19.6. The fraction of sp³-hybridized carbons (Fsp3) is 0.419. The van der Waals surface area contributed by atoms with Crippen molar-refractivity contribution in [1.29, 1.82) is 0 Å². The van der Waals surface area contributed by atoms with Crippen molar-refractivity contribution in [2.75, 3.05) is 38.0 Å². The standard InChI is InChI=1S/C31H40N6O3/c1-3-7-24(8-6-15-38)34-30-29-28(35-31(32)36-30)25-9-4-5-10-26(25)37(29)20-22-18-21(11-12-27(22)39-2)19-33-23-13-16-40-17-14-23/h4-6,8-12,18,23-24,33,38H,3,7,13-17,19-20H2,1-2H3,(H3,32,34,35,36)/b8-6+. The maximum atomic E-state index is 9.37. The molecule has 212 valence electrons. The van der Waals surface area contributed by atoms with Gasteiger partial charge in [-0.1, -0.05) is 49.8 Å². The molecule has 0 spiro atoms. The van der Waals surface area contributed by atoms with Gasteiger partial charge in [-0.15, -0.1) is 0 Å². The van der Waals surface area contributed by atoms with Crippen molar-refractivity contribution in [2.24, 2.45) is 0 Å². The highest BCUT2D eigenvalue weighted by Gasteiger charge is 2.20. The van der Waals surface area contributed by atoms with Gasteiger partial charge in [0.05, 0.1) is 25.8 Å². The average molecular weight is 545 g/mol. The molecule has 1 unspecified atom stereocenters. The molecular weight excluding hydrogens is 504 g/mol. The Morgan fingerprint density at radius 3 is 2.80 bits per heavy atom. The average Bonchev–Trinajstić information content (AvgIpc) is 3.28. The summed E-state index contributed by atoms with van der Waals surface area (Å²) in [5.41, 5.74) is 11.3. The minimum Gasteiger partial charge on any atom is -0.496 e. The van der Waals surface area contributed by atoms with Gasteiger partial charge in [-0.3, -0.25) is 0 Å². The van der Waals surface area contributed by atoms with E-state index in [0.717, 1.165) is 78.7 Å². The molecule has 1 aliphatic rings. The van der Waals surface area contributed by atoms with Gasteiger partial charge in [-0.25, -0.2) is 4.98 Å². The van der Waals surface area contributed by atoms with E-state index in [1.54, 1.807) is 13.2 Å². The Morgan fingerprint density at radius 1 is 1.20 bits per heavy atom. The monoisotopic (exact) mass is 544 g/mol. The smallest absolute Gasteiger partial charge is 0.222 e. The second-order valence-electron chi connectivity index (χ2n) is 10.3. The Bertz CT molecular complexity index is 1460. The van der Waals surface area contributed by atoms with E-state index in [4.69, 9.17) is 15.2 Å². The molecule has 3 heterocycles. The van der Waals surface area contributed by atoms with Crippen molar-refractivity contribution in [3.63, 3.8) is 0 Å². The lowest BCUT2D eigenvalue weighted by molar-refractivity contribution is 0.0776. The van der Waals surface area contributed by atoms with E-state index in [9.17, 15) is 5.11 Å². The molecule has 0 bridgehead atoms. The first kappa shape index (κ1) is 27.9. The highest BCUT2D eigenvalue weighted by Crippen LogP contribution is 2.34. The molecule has 1 aliphatic heterocycles. The highest BCUT2D eigenvalue weighted by molar-refractivity contribution is 6.09. The number of hydrogen-bond acceptors (Lipinski definition) is 8. The Hall–Kier alpha value is -3.66. The largest absolute Gasteiger partial charge is 0.496 e. The van der Waals surface area contributed by atoms with Crippen LogP contribution in [0.3, 0.4) is 0 Å². The molecule has 0 aliphatic carbocycles. The normalized spacial score (nSPS) is 15.3. The molecule has 1 fully saturated rings. The fourth-order valence-electron chi connectivity index (χ4n) is 5.54. The van der Waals surface area contributed by atoms with Gasteiger partial charge in [0, 0.05) is 42.8 Å². The number of fused-ring (bicyclic) bond motifs is 3. The van der Waals surface area contributed by atoms with E-state index >= 15 is 0 Å². The van der Waals surface area contributed by atoms with Crippen molar-refractivity contribution in [1.82, 2.24) is 19.9 Å². The number of aromatic nitrogens is 3. The first-order valence-electron chi connectivity index (χ1n) is 14.2. The predicted molar refractivity (Wildman–Crippen MR) is 161 cm³/mol. The van der Waals surface area contributed by atoms with Crippen LogP contribution >= 0.6 is 0 Å². The summed E-state index contributed by atoms with van der Waals surface area (Å²) in [5.74, 6) is 1.73. The van der Waals surface area contributed by atoms with Crippen LogP contribution in [0.25, 0.3) is 21.9 Å². The van der Waals surface area contributed by atoms with Crippen LogP contribution in [0, 0.1) is 0 Å². The molecule has 1 saturated heterocycles. The third kappa shape index (κ3) is 6.22. The molecular formula is C31H40N6O3. The van der Waals surface area contributed by atoms with E-state index in [-0.39, 0.29) is 18.6 Å². The lowest BCUT2D eigenvalue weighted by Crippen LogP contribution is -2.34. The number of nitrogens with zero attached hydrogens (tertiary/aromatic N) is 3. The Kier molecular flexibility index (Phi) is 9.15. The van der Waals surface area contributed by atoms with Gasteiger partial charge in [0.25, 0.3) is 0 Å². The molecule has 5 N–H and O–H groups in total. The number of nitrogen functional groups attached to an aromatic ring is 1. The van der Waals surface area contributed by atoms with Crippen LogP contribution in [0.1, 0.15) is 43.7 Å². The quantitative estimate of drug-likeness (QED) is 0.191. The van der Waals surface area contributed by atoms with Crippen molar-refractivity contribution >= 4 is 33.7 Å². The van der Waals surface area contributed by atoms with Crippen LogP contribution in [0.2, 0.25) is 0 Å². The summed E-state index contributed by atoms with van der Waals surface area (Å²) in [6, 6.07) is 15.1. The van der Waals surface area contributed by atoms with Crippen LogP contribution in [0.15, 0.2) is 54.6 Å². The summed E-state index contributed by atoms with van der Waals surface area (Å²) in [5, 5.41) is 17.7. The molecule has 9 nitrogen and oxygen atoms in total. The highest BCUT2D eigenvalue weighted by atomic mass is 16.5. The summed E-state index contributed by atoms with van der Waals surface area (Å²) in [7, 11) is 1.71. The molecule has 40 heavy (non-hydrogen) atoms. The number of nitrogens with one attached hydrogen (secondary N) is 2. The number of ether oxygens (including phenoxy) is 2. The first-order valence-corrected chi connectivity index (χ1v) is 14.2.